The number of hydrogen-bond acceptors (Lipinski definition) is 4. The third kappa shape index (κ3) is 5.95. The third-order valence-electron chi connectivity index (χ3n) is 5.41. The molecule has 0 radical (unpaired) electrons. The first-order valence-corrected chi connectivity index (χ1v) is 11.0. The molecule has 0 aliphatic carbocycles. The highest BCUT2D eigenvalue weighted by atomic mass is 32.1. The Labute approximate surface area is 184 Å². The van der Waals surface area contributed by atoms with Crippen molar-refractivity contribution >= 4 is 34.7 Å². The average Bonchev–Trinajstić information content (AvgIpc) is 2.74. The monoisotopic (exact) mass is 425 g/mol. The molecule has 0 unspecified atom stereocenters. The lowest BCUT2D eigenvalue weighted by atomic mass is 9.99. The van der Waals surface area contributed by atoms with Crippen molar-refractivity contribution in [3.05, 3.63) is 59.2 Å². The van der Waals surface area contributed by atoms with E-state index < -0.39 is 0 Å². The van der Waals surface area contributed by atoms with Gasteiger partial charge in [0.1, 0.15) is 0 Å². The standard InChI is InChI=1S/C24H31N3O2S/c1-4-29-23(28)20-10-7-18(3)22(14-20)26-24(30)25-15-19-8-11-21(12-9-19)27-13-5-6-17(2)16-27/h7-12,14,17H,4-6,13,15-16H2,1-3H3,(H2,25,26,30)/t17-/m0/s1. The van der Waals surface area contributed by atoms with E-state index in [1.807, 2.05) is 13.0 Å². The third-order valence-corrected chi connectivity index (χ3v) is 5.65. The van der Waals surface area contributed by atoms with Crippen LogP contribution in [-0.2, 0) is 11.3 Å². The maximum absolute atomic E-state index is 12.0. The molecule has 0 amide bonds. The molecule has 2 aromatic carbocycles. The van der Waals surface area contributed by atoms with Crippen LogP contribution in [0, 0.1) is 12.8 Å². The van der Waals surface area contributed by atoms with E-state index in [0.29, 0.717) is 23.8 Å². The first-order chi connectivity index (χ1) is 14.5. The number of aryl methyl sites for hydroxylation is 1. The predicted octanol–water partition coefficient (Wildman–Crippen LogP) is 4.89. The average molecular weight is 426 g/mol. The fourth-order valence-corrected chi connectivity index (χ4v) is 3.88. The van der Waals surface area contributed by atoms with Crippen molar-refractivity contribution in [3.8, 4) is 0 Å². The van der Waals surface area contributed by atoms with Crippen molar-refractivity contribution in [2.24, 2.45) is 5.92 Å². The molecule has 160 valence electrons. The van der Waals surface area contributed by atoms with E-state index in [1.54, 1.807) is 19.1 Å². The predicted molar refractivity (Wildman–Crippen MR) is 127 cm³/mol. The second-order valence-electron chi connectivity index (χ2n) is 7.92. The number of ether oxygens (including phenoxy) is 1. The molecular weight excluding hydrogens is 394 g/mol. The number of esters is 1. The Hall–Kier alpha value is -2.60. The molecule has 2 N–H and O–H groups in total. The highest BCUT2D eigenvalue weighted by Gasteiger charge is 2.16. The van der Waals surface area contributed by atoms with Crippen LogP contribution >= 0.6 is 12.2 Å². The Bertz CT molecular complexity index is 883. The van der Waals surface area contributed by atoms with Crippen LogP contribution < -0.4 is 15.5 Å². The Morgan fingerprint density at radius 3 is 2.70 bits per heavy atom. The zero-order chi connectivity index (χ0) is 21.5. The van der Waals surface area contributed by atoms with Crippen LogP contribution in [0.4, 0.5) is 11.4 Å². The zero-order valence-corrected chi connectivity index (χ0v) is 18.8. The quantitative estimate of drug-likeness (QED) is 0.507. The van der Waals surface area contributed by atoms with E-state index >= 15 is 0 Å². The minimum absolute atomic E-state index is 0.331. The molecular formula is C24H31N3O2S. The largest absolute Gasteiger partial charge is 0.462 e. The molecule has 0 spiro atoms. The second-order valence-corrected chi connectivity index (χ2v) is 8.33. The summed E-state index contributed by atoms with van der Waals surface area (Å²) in [6.45, 7) is 9.35. The van der Waals surface area contributed by atoms with Gasteiger partial charge in [0.05, 0.1) is 12.2 Å². The summed E-state index contributed by atoms with van der Waals surface area (Å²) in [7, 11) is 0. The Balaban J connectivity index is 1.54. The number of carbonyl (C=O) groups is 1. The summed E-state index contributed by atoms with van der Waals surface area (Å²) < 4.78 is 5.07. The van der Waals surface area contributed by atoms with Gasteiger partial charge in [-0.2, -0.15) is 0 Å². The van der Waals surface area contributed by atoms with Crippen LogP contribution in [0.5, 0.6) is 0 Å². The van der Waals surface area contributed by atoms with Crippen LogP contribution in [0.15, 0.2) is 42.5 Å². The van der Waals surface area contributed by atoms with Crippen molar-refractivity contribution in [2.45, 2.75) is 40.2 Å². The summed E-state index contributed by atoms with van der Waals surface area (Å²) in [6, 6.07) is 14.1. The summed E-state index contributed by atoms with van der Waals surface area (Å²) in [5, 5.41) is 6.96. The van der Waals surface area contributed by atoms with Gasteiger partial charge < -0.3 is 20.3 Å². The molecule has 1 aliphatic heterocycles. The van der Waals surface area contributed by atoms with Crippen LogP contribution in [0.1, 0.15) is 48.2 Å². The molecule has 5 nitrogen and oxygen atoms in total. The number of nitrogens with one attached hydrogen (secondary N) is 2. The number of anilines is 2. The van der Waals surface area contributed by atoms with Gasteiger partial charge in [-0.25, -0.2) is 4.79 Å². The maximum Gasteiger partial charge on any atom is 0.338 e. The number of nitrogens with zero attached hydrogens (tertiary/aromatic N) is 1. The molecule has 1 saturated heterocycles. The number of piperidine rings is 1. The van der Waals surface area contributed by atoms with E-state index in [1.165, 1.54) is 24.1 Å². The van der Waals surface area contributed by atoms with E-state index in [0.717, 1.165) is 30.3 Å². The molecule has 0 aromatic heterocycles. The molecule has 6 heteroatoms. The van der Waals surface area contributed by atoms with Crippen molar-refractivity contribution in [1.29, 1.82) is 0 Å². The number of hydrogen-bond donors (Lipinski definition) is 2. The molecule has 0 bridgehead atoms. The number of rotatable bonds is 6. The lowest BCUT2D eigenvalue weighted by molar-refractivity contribution is 0.0526. The van der Waals surface area contributed by atoms with Gasteiger partial charge >= 0.3 is 5.97 Å². The van der Waals surface area contributed by atoms with Crippen LogP contribution in [0.3, 0.4) is 0 Å². The topological polar surface area (TPSA) is 53.6 Å². The molecule has 1 atom stereocenters. The van der Waals surface area contributed by atoms with E-state index in [9.17, 15) is 4.79 Å². The molecule has 2 aromatic rings. The molecule has 30 heavy (non-hydrogen) atoms. The van der Waals surface area contributed by atoms with Gasteiger partial charge in [0.15, 0.2) is 5.11 Å². The van der Waals surface area contributed by atoms with Crippen molar-refractivity contribution in [1.82, 2.24) is 5.32 Å². The summed E-state index contributed by atoms with van der Waals surface area (Å²) in [4.78, 5) is 14.4. The van der Waals surface area contributed by atoms with E-state index in [2.05, 4.69) is 46.7 Å². The van der Waals surface area contributed by atoms with Gasteiger partial charge in [-0.1, -0.05) is 25.1 Å². The van der Waals surface area contributed by atoms with Gasteiger partial charge in [-0.15, -0.1) is 0 Å². The molecule has 3 rings (SSSR count). The summed E-state index contributed by atoms with van der Waals surface area (Å²) in [6.07, 6.45) is 2.59. The van der Waals surface area contributed by atoms with Gasteiger partial charge in [-0.05, 0) is 80.2 Å². The highest BCUT2D eigenvalue weighted by molar-refractivity contribution is 7.80. The van der Waals surface area contributed by atoms with Gasteiger partial charge in [0.2, 0.25) is 0 Å². The normalized spacial score (nSPS) is 16.1. The summed E-state index contributed by atoms with van der Waals surface area (Å²) in [5.74, 6) is 0.428. The van der Waals surface area contributed by atoms with Gasteiger partial charge in [-0.3, -0.25) is 0 Å². The fourth-order valence-electron chi connectivity index (χ4n) is 3.70. The van der Waals surface area contributed by atoms with Crippen molar-refractivity contribution in [3.63, 3.8) is 0 Å². The van der Waals surface area contributed by atoms with Crippen LogP contribution in [0.2, 0.25) is 0 Å². The Kier molecular flexibility index (Phi) is 7.69. The van der Waals surface area contributed by atoms with E-state index in [4.69, 9.17) is 17.0 Å². The fraction of sp³-hybridized carbons (Fsp3) is 0.417. The lowest BCUT2D eigenvalue weighted by Gasteiger charge is -2.32. The molecule has 1 fully saturated rings. The maximum atomic E-state index is 12.0. The van der Waals surface area contributed by atoms with Crippen molar-refractivity contribution < 1.29 is 9.53 Å². The van der Waals surface area contributed by atoms with Gasteiger partial charge in [0.25, 0.3) is 0 Å². The molecule has 0 saturated carbocycles. The van der Waals surface area contributed by atoms with Gasteiger partial charge in [0, 0.05) is 31.0 Å². The van der Waals surface area contributed by atoms with Crippen LogP contribution in [-0.4, -0.2) is 30.8 Å². The minimum atomic E-state index is -0.331. The van der Waals surface area contributed by atoms with Crippen molar-refractivity contribution in [2.75, 3.05) is 29.9 Å². The first-order valence-electron chi connectivity index (χ1n) is 10.6. The Morgan fingerprint density at radius 1 is 1.23 bits per heavy atom. The molecule has 1 heterocycles. The highest BCUT2D eigenvalue weighted by Crippen LogP contribution is 2.23. The molecule has 1 aliphatic rings. The SMILES string of the molecule is CCOC(=O)c1ccc(C)c(NC(=S)NCc2ccc(N3CCC[C@H](C)C3)cc2)c1. The number of benzene rings is 2. The summed E-state index contributed by atoms with van der Waals surface area (Å²) >= 11 is 5.45. The first kappa shape index (κ1) is 22.1. The zero-order valence-electron chi connectivity index (χ0n) is 18.0. The second kappa shape index (κ2) is 10.4. The number of carbonyl (C=O) groups excluding carboxylic acids is 1. The number of thiocarbonyl (C=S) groups is 1. The Morgan fingerprint density at radius 2 is 2.00 bits per heavy atom. The smallest absolute Gasteiger partial charge is 0.338 e. The summed E-state index contributed by atoms with van der Waals surface area (Å²) in [5.41, 5.74) is 4.78. The van der Waals surface area contributed by atoms with Crippen LogP contribution in [0.25, 0.3) is 0 Å². The van der Waals surface area contributed by atoms with E-state index in [-0.39, 0.29) is 5.97 Å². The lowest BCUT2D eigenvalue weighted by Crippen LogP contribution is -2.34. The minimum Gasteiger partial charge on any atom is -0.462 e.